The fraction of sp³-hybridized carbons (Fsp3) is 0.556. The Balaban J connectivity index is 1.85. The molecular formula is C18H26N2O4. The summed E-state index contributed by atoms with van der Waals surface area (Å²) in [4.78, 5) is 26.1. The summed E-state index contributed by atoms with van der Waals surface area (Å²) < 4.78 is 10.2. The van der Waals surface area contributed by atoms with Crippen LogP contribution >= 0.6 is 0 Å². The zero-order chi connectivity index (χ0) is 17.5. The van der Waals surface area contributed by atoms with E-state index in [-0.39, 0.29) is 23.8 Å². The maximum absolute atomic E-state index is 12.4. The molecule has 1 aromatic carbocycles. The molecule has 0 radical (unpaired) electrons. The van der Waals surface area contributed by atoms with Gasteiger partial charge in [0.25, 0.3) is 0 Å². The van der Waals surface area contributed by atoms with Gasteiger partial charge in [0.15, 0.2) is 0 Å². The minimum absolute atomic E-state index is 0.0457. The molecule has 132 valence electrons. The Labute approximate surface area is 143 Å². The molecule has 1 aliphatic rings. The lowest BCUT2D eigenvalue weighted by molar-refractivity contribution is -0.147. The number of ether oxygens (including phenoxy) is 2. The first-order valence-electron chi connectivity index (χ1n) is 8.40. The van der Waals surface area contributed by atoms with E-state index in [0.717, 1.165) is 37.4 Å². The van der Waals surface area contributed by atoms with Crippen LogP contribution in [-0.2, 0) is 14.3 Å². The number of anilines is 1. The van der Waals surface area contributed by atoms with Crippen molar-refractivity contribution in [2.75, 3.05) is 32.1 Å². The molecule has 1 N–H and O–H groups in total. The third-order valence-corrected chi connectivity index (χ3v) is 4.42. The average Bonchev–Trinajstić information content (AvgIpc) is 2.62. The second kappa shape index (κ2) is 8.68. The Bertz CT molecular complexity index is 551. The van der Waals surface area contributed by atoms with Gasteiger partial charge in [0, 0.05) is 5.69 Å². The molecule has 0 aromatic heterocycles. The van der Waals surface area contributed by atoms with Crippen LogP contribution in [0.5, 0.6) is 5.75 Å². The molecule has 0 unspecified atom stereocenters. The van der Waals surface area contributed by atoms with E-state index in [1.165, 1.54) is 7.11 Å². The number of benzene rings is 1. The smallest absolute Gasteiger partial charge is 0.308 e. The largest absolute Gasteiger partial charge is 0.494 e. The Morgan fingerprint density at radius 3 is 2.42 bits per heavy atom. The summed E-state index contributed by atoms with van der Waals surface area (Å²) in [6, 6.07) is 7.10. The maximum atomic E-state index is 12.4. The topological polar surface area (TPSA) is 67.9 Å². The molecule has 1 atom stereocenters. The molecule has 0 bridgehead atoms. The summed E-state index contributed by atoms with van der Waals surface area (Å²) in [7, 11) is 1.42. The normalized spacial score (nSPS) is 17.1. The van der Waals surface area contributed by atoms with Crippen LogP contribution in [0.3, 0.4) is 0 Å². The van der Waals surface area contributed by atoms with Crippen molar-refractivity contribution in [3.8, 4) is 5.75 Å². The maximum Gasteiger partial charge on any atom is 0.308 e. The third kappa shape index (κ3) is 4.71. The van der Waals surface area contributed by atoms with E-state index < -0.39 is 0 Å². The van der Waals surface area contributed by atoms with Crippen molar-refractivity contribution in [2.24, 2.45) is 5.92 Å². The molecule has 1 heterocycles. The molecule has 0 spiro atoms. The van der Waals surface area contributed by atoms with Crippen LogP contribution in [0.1, 0.15) is 26.7 Å². The number of piperidine rings is 1. The highest BCUT2D eigenvalue weighted by Crippen LogP contribution is 2.21. The lowest BCUT2D eigenvalue weighted by atomic mass is 9.96. The van der Waals surface area contributed by atoms with E-state index in [9.17, 15) is 9.59 Å². The number of hydrogen-bond donors (Lipinski definition) is 1. The second-order valence-electron chi connectivity index (χ2n) is 5.96. The van der Waals surface area contributed by atoms with Crippen molar-refractivity contribution in [3.63, 3.8) is 0 Å². The number of methoxy groups -OCH3 is 1. The number of amides is 1. The van der Waals surface area contributed by atoms with Crippen LogP contribution in [0.4, 0.5) is 5.69 Å². The third-order valence-electron chi connectivity index (χ3n) is 4.42. The van der Waals surface area contributed by atoms with Gasteiger partial charge < -0.3 is 14.8 Å². The van der Waals surface area contributed by atoms with E-state index in [1.54, 1.807) is 0 Å². The van der Waals surface area contributed by atoms with Gasteiger partial charge in [-0.3, -0.25) is 14.5 Å². The summed E-state index contributed by atoms with van der Waals surface area (Å²) in [5.74, 6) is 0.540. The van der Waals surface area contributed by atoms with Gasteiger partial charge in [-0.05, 0) is 64.0 Å². The molecule has 1 aromatic rings. The predicted octanol–water partition coefficient (Wildman–Crippen LogP) is 2.30. The monoisotopic (exact) mass is 334 g/mol. The van der Waals surface area contributed by atoms with Gasteiger partial charge in [-0.15, -0.1) is 0 Å². The van der Waals surface area contributed by atoms with Crippen LogP contribution in [0.25, 0.3) is 0 Å². The van der Waals surface area contributed by atoms with Crippen molar-refractivity contribution in [1.82, 2.24) is 4.90 Å². The van der Waals surface area contributed by atoms with Crippen LogP contribution < -0.4 is 10.1 Å². The van der Waals surface area contributed by atoms with Gasteiger partial charge in [0.2, 0.25) is 5.91 Å². The molecule has 0 aliphatic carbocycles. The van der Waals surface area contributed by atoms with Gasteiger partial charge in [0.1, 0.15) is 5.75 Å². The highest BCUT2D eigenvalue weighted by Gasteiger charge is 2.30. The van der Waals surface area contributed by atoms with E-state index in [4.69, 9.17) is 9.47 Å². The fourth-order valence-electron chi connectivity index (χ4n) is 2.90. The van der Waals surface area contributed by atoms with Crippen molar-refractivity contribution in [3.05, 3.63) is 24.3 Å². The first kappa shape index (κ1) is 18.3. The number of hydrogen-bond acceptors (Lipinski definition) is 5. The quantitative estimate of drug-likeness (QED) is 0.809. The number of carbonyl (C=O) groups is 2. The minimum Gasteiger partial charge on any atom is -0.494 e. The summed E-state index contributed by atoms with van der Waals surface area (Å²) in [6.07, 6.45) is 1.46. The first-order valence-corrected chi connectivity index (χ1v) is 8.40. The number of esters is 1. The van der Waals surface area contributed by atoms with Crippen molar-refractivity contribution in [2.45, 2.75) is 32.7 Å². The summed E-state index contributed by atoms with van der Waals surface area (Å²) in [5, 5.41) is 2.93. The fourth-order valence-corrected chi connectivity index (χ4v) is 2.90. The molecule has 0 saturated carbocycles. The van der Waals surface area contributed by atoms with E-state index in [0.29, 0.717) is 6.61 Å². The van der Waals surface area contributed by atoms with E-state index >= 15 is 0 Å². The Morgan fingerprint density at radius 2 is 1.88 bits per heavy atom. The molecule has 24 heavy (non-hydrogen) atoms. The summed E-state index contributed by atoms with van der Waals surface area (Å²) >= 11 is 0. The average molecular weight is 334 g/mol. The Hall–Kier alpha value is -2.08. The molecule has 6 heteroatoms. The molecule has 1 fully saturated rings. The van der Waals surface area contributed by atoms with Crippen LogP contribution in [0.15, 0.2) is 24.3 Å². The molecular weight excluding hydrogens is 308 g/mol. The minimum atomic E-state index is -0.241. The molecule has 2 rings (SSSR count). The lowest BCUT2D eigenvalue weighted by Crippen LogP contribution is -2.47. The number of rotatable bonds is 6. The van der Waals surface area contributed by atoms with E-state index in [2.05, 4.69) is 10.2 Å². The Kier molecular flexibility index (Phi) is 6.61. The second-order valence-corrected chi connectivity index (χ2v) is 5.96. The molecule has 1 aliphatic heterocycles. The summed E-state index contributed by atoms with van der Waals surface area (Å²) in [5.41, 5.74) is 0.750. The van der Waals surface area contributed by atoms with Gasteiger partial charge in [-0.25, -0.2) is 0 Å². The van der Waals surface area contributed by atoms with Crippen molar-refractivity contribution >= 4 is 17.6 Å². The molecule has 1 amide bonds. The standard InChI is InChI=1S/C18H26N2O4/c1-4-24-16-7-5-15(6-8-16)19-17(21)13(2)20-11-9-14(10-12-20)18(22)23-3/h5-8,13-14H,4,9-12H2,1-3H3,(H,19,21)/t13-/m0/s1. The van der Waals surface area contributed by atoms with Crippen LogP contribution in [-0.4, -0.2) is 49.6 Å². The number of nitrogens with zero attached hydrogens (tertiary/aromatic N) is 1. The van der Waals surface area contributed by atoms with Crippen molar-refractivity contribution < 1.29 is 19.1 Å². The lowest BCUT2D eigenvalue weighted by Gasteiger charge is -2.34. The number of nitrogens with one attached hydrogen (secondary N) is 1. The van der Waals surface area contributed by atoms with Gasteiger partial charge in [0.05, 0.1) is 25.7 Å². The van der Waals surface area contributed by atoms with Gasteiger partial charge in [-0.1, -0.05) is 0 Å². The van der Waals surface area contributed by atoms with Gasteiger partial charge >= 0.3 is 5.97 Å². The highest BCUT2D eigenvalue weighted by molar-refractivity contribution is 5.94. The van der Waals surface area contributed by atoms with Gasteiger partial charge in [-0.2, -0.15) is 0 Å². The van der Waals surface area contributed by atoms with E-state index in [1.807, 2.05) is 38.1 Å². The highest BCUT2D eigenvalue weighted by atomic mass is 16.5. The zero-order valence-corrected chi connectivity index (χ0v) is 14.6. The Morgan fingerprint density at radius 1 is 1.25 bits per heavy atom. The summed E-state index contributed by atoms with van der Waals surface area (Å²) in [6.45, 7) is 5.88. The number of likely N-dealkylation sites (tertiary alicyclic amines) is 1. The van der Waals surface area contributed by atoms with Crippen LogP contribution in [0, 0.1) is 5.92 Å². The first-order chi connectivity index (χ1) is 11.5. The molecule has 6 nitrogen and oxygen atoms in total. The van der Waals surface area contributed by atoms with Crippen molar-refractivity contribution in [1.29, 1.82) is 0 Å². The predicted molar refractivity (Wildman–Crippen MR) is 92.0 cm³/mol. The number of carbonyl (C=O) groups excluding carboxylic acids is 2. The SMILES string of the molecule is CCOc1ccc(NC(=O)[C@H](C)N2CCC(C(=O)OC)CC2)cc1. The zero-order valence-electron chi connectivity index (χ0n) is 14.6. The van der Waals surface area contributed by atoms with Crippen LogP contribution in [0.2, 0.25) is 0 Å². The molecule has 1 saturated heterocycles.